The van der Waals surface area contributed by atoms with E-state index in [2.05, 4.69) is 176 Å². The normalized spacial score (nSPS) is 12.7. The zero-order valence-electron chi connectivity index (χ0n) is 31.0. The molecular formula is C54H35N3. The summed E-state index contributed by atoms with van der Waals surface area (Å²) in [6.07, 6.45) is 0. The second-order valence-corrected chi connectivity index (χ2v) is 14.7. The summed E-state index contributed by atoms with van der Waals surface area (Å²) in [5.74, 6) is 0.686. The molecule has 57 heavy (non-hydrogen) atoms. The van der Waals surface area contributed by atoms with Gasteiger partial charge in [0.2, 0.25) is 0 Å². The van der Waals surface area contributed by atoms with Gasteiger partial charge in [-0.3, -0.25) is 0 Å². The SMILES string of the molecule is c1ccc(-c2cc(-c3ccccc3)nc(-c3ccc(-c4nc5ccccc5c5c6c(ccc45)C(c4ccccc4)(c4ccccc4)c4ccccc4-6)cc3)n2)cc1. The summed E-state index contributed by atoms with van der Waals surface area (Å²) < 4.78 is 0. The van der Waals surface area contributed by atoms with Crippen molar-refractivity contribution >= 4 is 21.7 Å². The lowest BCUT2D eigenvalue weighted by Gasteiger charge is -2.34. The van der Waals surface area contributed by atoms with Gasteiger partial charge in [-0.25, -0.2) is 15.0 Å². The van der Waals surface area contributed by atoms with Crippen molar-refractivity contribution < 1.29 is 0 Å². The Balaban J connectivity index is 1.12. The Labute approximate surface area is 331 Å². The van der Waals surface area contributed by atoms with Crippen molar-refractivity contribution in [3.8, 4) is 56.3 Å². The second-order valence-electron chi connectivity index (χ2n) is 14.7. The van der Waals surface area contributed by atoms with Crippen LogP contribution in [0.1, 0.15) is 22.3 Å². The van der Waals surface area contributed by atoms with Crippen LogP contribution in [0.2, 0.25) is 0 Å². The Morgan fingerprint density at radius 3 is 1.51 bits per heavy atom. The molecule has 3 heteroatoms. The van der Waals surface area contributed by atoms with E-state index in [4.69, 9.17) is 15.0 Å². The fourth-order valence-corrected chi connectivity index (χ4v) is 9.06. The van der Waals surface area contributed by atoms with E-state index in [9.17, 15) is 0 Å². The number of para-hydroxylation sites is 1. The third kappa shape index (κ3) is 5.24. The van der Waals surface area contributed by atoms with Crippen molar-refractivity contribution in [3.05, 3.63) is 235 Å². The molecule has 0 saturated carbocycles. The summed E-state index contributed by atoms with van der Waals surface area (Å²) in [5.41, 5.74) is 14.9. The molecule has 0 unspecified atom stereocenters. The van der Waals surface area contributed by atoms with E-state index in [0.717, 1.165) is 55.6 Å². The molecule has 0 radical (unpaired) electrons. The molecule has 1 aliphatic rings. The third-order valence-electron chi connectivity index (χ3n) is 11.6. The lowest BCUT2D eigenvalue weighted by atomic mass is 9.67. The monoisotopic (exact) mass is 725 g/mol. The highest BCUT2D eigenvalue weighted by atomic mass is 14.9. The van der Waals surface area contributed by atoms with E-state index in [-0.39, 0.29) is 0 Å². The summed E-state index contributed by atoms with van der Waals surface area (Å²) >= 11 is 0. The van der Waals surface area contributed by atoms with Gasteiger partial charge in [0.05, 0.1) is 28.0 Å². The van der Waals surface area contributed by atoms with E-state index < -0.39 is 5.41 Å². The molecule has 10 aromatic rings. The van der Waals surface area contributed by atoms with Crippen LogP contribution in [-0.4, -0.2) is 15.0 Å². The lowest BCUT2D eigenvalue weighted by Crippen LogP contribution is -2.28. The maximum Gasteiger partial charge on any atom is 0.160 e. The standard InChI is InChI=1S/C54H35N3/c1-5-17-36(18-6-1)48-35-49(37-19-7-2-8-20-37)57-53(56-48)39-31-29-38(30-32-39)52-44-33-34-46-51(50(44)43-26-14-16-28-47(43)55-52)42-25-13-15-27-45(42)54(46,40-21-9-3-10-22-40)41-23-11-4-12-24-41/h1-35H. The molecule has 266 valence electrons. The van der Waals surface area contributed by atoms with Crippen molar-refractivity contribution in [3.63, 3.8) is 0 Å². The number of hydrogen-bond donors (Lipinski definition) is 0. The number of benzene rings is 8. The predicted molar refractivity (Wildman–Crippen MR) is 234 cm³/mol. The Morgan fingerprint density at radius 2 is 0.877 bits per heavy atom. The van der Waals surface area contributed by atoms with Crippen molar-refractivity contribution in [2.24, 2.45) is 0 Å². The maximum absolute atomic E-state index is 5.39. The van der Waals surface area contributed by atoms with Crippen LogP contribution in [-0.2, 0) is 5.41 Å². The van der Waals surface area contributed by atoms with Gasteiger partial charge in [-0.05, 0) is 45.5 Å². The van der Waals surface area contributed by atoms with Gasteiger partial charge >= 0.3 is 0 Å². The molecule has 0 aliphatic heterocycles. The minimum absolute atomic E-state index is 0.484. The molecule has 0 amide bonds. The van der Waals surface area contributed by atoms with Crippen molar-refractivity contribution in [1.29, 1.82) is 0 Å². The minimum atomic E-state index is -0.484. The number of hydrogen-bond acceptors (Lipinski definition) is 3. The molecular weight excluding hydrogens is 691 g/mol. The second kappa shape index (κ2) is 13.4. The van der Waals surface area contributed by atoms with Crippen LogP contribution in [0.25, 0.3) is 78.0 Å². The van der Waals surface area contributed by atoms with Gasteiger partial charge in [-0.15, -0.1) is 0 Å². The molecule has 0 saturated heterocycles. The highest BCUT2D eigenvalue weighted by Crippen LogP contribution is 2.58. The quantitative estimate of drug-likeness (QED) is 0.160. The van der Waals surface area contributed by atoms with Gasteiger partial charge < -0.3 is 0 Å². The summed E-state index contributed by atoms with van der Waals surface area (Å²) in [5, 5.41) is 3.50. The van der Waals surface area contributed by atoms with Crippen LogP contribution in [0.15, 0.2) is 212 Å². The van der Waals surface area contributed by atoms with Gasteiger partial charge in [0.15, 0.2) is 5.82 Å². The molecule has 2 aromatic heterocycles. The first-order chi connectivity index (χ1) is 28.3. The van der Waals surface area contributed by atoms with Crippen LogP contribution in [0, 0.1) is 0 Å². The molecule has 11 rings (SSSR count). The molecule has 1 aliphatic carbocycles. The lowest BCUT2D eigenvalue weighted by molar-refractivity contribution is 0.769. The Kier molecular flexibility index (Phi) is 7.71. The van der Waals surface area contributed by atoms with E-state index in [1.807, 2.05) is 36.4 Å². The number of rotatable bonds is 6. The molecule has 2 heterocycles. The molecule has 3 nitrogen and oxygen atoms in total. The van der Waals surface area contributed by atoms with Gasteiger partial charge in [0, 0.05) is 38.4 Å². The van der Waals surface area contributed by atoms with Crippen LogP contribution in [0.5, 0.6) is 0 Å². The average molecular weight is 726 g/mol. The minimum Gasteiger partial charge on any atom is -0.247 e. The zero-order chi connectivity index (χ0) is 37.8. The van der Waals surface area contributed by atoms with Crippen LogP contribution in [0.4, 0.5) is 0 Å². The summed E-state index contributed by atoms with van der Waals surface area (Å²) in [7, 11) is 0. The smallest absolute Gasteiger partial charge is 0.160 e. The molecule has 0 atom stereocenters. The number of pyridine rings is 1. The fourth-order valence-electron chi connectivity index (χ4n) is 9.06. The number of nitrogens with zero attached hydrogens (tertiary/aromatic N) is 3. The van der Waals surface area contributed by atoms with E-state index in [1.54, 1.807) is 0 Å². The van der Waals surface area contributed by atoms with Gasteiger partial charge in [0.25, 0.3) is 0 Å². The van der Waals surface area contributed by atoms with Crippen LogP contribution in [0.3, 0.4) is 0 Å². The zero-order valence-corrected chi connectivity index (χ0v) is 31.0. The molecule has 0 fully saturated rings. The first-order valence-corrected chi connectivity index (χ1v) is 19.4. The van der Waals surface area contributed by atoms with Gasteiger partial charge in [-0.2, -0.15) is 0 Å². The Bertz CT molecular complexity index is 2990. The Hall–Kier alpha value is -7.49. The largest absolute Gasteiger partial charge is 0.247 e. The fraction of sp³-hybridized carbons (Fsp3) is 0.0185. The molecule has 0 spiro atoms. The van der Waals surface area contributed by atoms with Crippen molar-refractivity contribution in [2.45, 2.75) is 5.41 Å². The average Bonchev–Trinajstić information content (AvgIpc) is 3.61. The van der Waals surface area contributed by atoms with E-state index in [0.29, 0.717) is 5.82 Å². The van der Waals surface area contributed by atoms with Gasteiger partial charge in [0.1, 0.15) is 0 Å². The first-order valence-electron chi connectivity index (χ1n) is 19.4. The summed E-state index contributed by atoms with van der Waals surface area (Å²) in [6.45, 7) is 0. The van der Waals surface area contributed by atoms with Crippen LogP contribution >= 0.6 is 0 Å². The summed E-state index contributed by atoms with van der Waals surface area (Å²) in [6, 6.07) is 75.6. The van der Waals surface area contributed by atoms with Crippen LogP contribution < -0.4 is 0 Å². The van der Waals surface area contributed by atoms with E-state index >= 15 is 0 Å². The van der Waals surface area contributed by atoms with Crippen molar-refractivity contribution in [1.82, 2.24) is 15.0 Å². The van der Waals surface area contributed by atoms with Crippen molar-refractivity contribution in [2.75, 3.05) is 0 Å². The van der Waals surface area contributed by atoms with E-state index in [1.165, 1.54) is 38.8 Å². The summed E-state index contributed by atoms with van der Waals surface area (Å²) in [4.78, 5) is 15.6. The highest BCUT2D eigenvalue weighted by Gasteiger charge is 2.46. The Morgan fingerprint density at radius 1 is 0.351 bits per heavy atom. The molecule has 0 bridgehead atoms. The highest BCUT2D eigenvalue weighted by molar-refractivity contribution is 6.19. The topological polar surface area (TPSA) is 38.7 Å². The maximum atomic E-state index is 5.39. The number of fused-ring (bicyclic) bond motifs is 7. The van der Waals surface area contributed by atoms with Gasteiger partial charge in [-0.1, -0.05) is 200 Å². The third-order valence-corrected chi connectivity index (χ3v) is 11.6. The predicted octanol–water partition coefficient (Wildman–Crippen LogP) is 13.2. The molecule has 8 aromatic carbocycles. The first kappa shape index (κ1) is 32.9. The number of aromatic nitrogens is 3. The molecule has 0 N–H and O–H groups in total.